The Labute approximate surface area is 143 Å². The highest BCUT2D eigenvalue weighted by Crippen LogP contribution is 2.42. The molecule has 0 aromatic carbocycles. The summed E-state index contributed by atoms with van der Waals surface area (Å²) in [6.45, 7) is 4.28. The van der Waals surface area contributed by atoms with Crippen molar-refractivity contribution in [2.45, 2.75) is 25.4 Å². The molecule has 1 spiro atoms. The molecule has 2 aliphatic heterocycles. The first-order valence-corrected chi connectivity index (χ1v) is 9.57. The van der Waals surface area contributed by atoms with Crippen LogP contribution in [0.15, 0.2) is 12.4 Å². The largest absolute Gasteiger partial charge is 0.372 e. The average molecular weight is 355 g/mol. The Balaban J connectivity index is 1.53. The molecule has 1 N–H and O–H groups in total. The van der Waals surface area contributed by atoms with Gasteiger partial charge in [0.05, 0.1) is 5.60 Å². The second kappa shape index (κ2) is 6.55. The zero-order valence-corrected chi connectivity index (χ0v) is 15.2. The van der Waals surface area contributed by atoms with Crippen LogP contribution < -0.4 is 5.32 Å². The van der Waals surface area contributed by atoms with Crippen molar-refractivity contribution in [3.63, 3.8) is 0 Å². The highest BCUT2D eigenvalue weighted by molar-refractivity contribution is 7.86. The minimum absolute atomic E-state index is 0.321. The van der Waals surface area contributed by atoms with Crippen LogP contribution in [0.5, 0.6) is 0 Å². The molecule has 2 aliphatic rings. The number of nitrogens with zero attached hydrogens (tertiary/aromatic N) is 4. The molecule has 8 nitrogen and oxygen atoms in total. The van der Waals surface area contributed by atoms with Gasteiger partial charge >= 0.3 is 0 Å². The molecule has 2 fully saturated rings. The van der Waals surface area contributed by atoms with Crippen molar-refractivity contribution in [3.05, 3.63) is 18.0 Å². The van der Waals surface area contributed by atoms with Crippen molar-refractivity contribution in [2.75, 3.05) is 45.7 Å². The van der Waals surface area contributed by atoms with Gasteiger partial charge in [0.25, 0.3) is 10.2 Å². The van der Waals surface area contributed by atoms with Crippen LogP contribution in [0.25, 0.3) is 0 Å². The summed E-state index contributed by atoms with van der Waals surface area (Å²) in [6.07, 6.45) is 5.44. The van der Waals surface area contributed by atoms with Gasteiger partial charge in [-0.1, -0.05) is 0 Å². The summed E-state index contributed by atoms with van der Waals surface area (Å²) < 4.78 is 33.0. The van der Waals surface area contributed by atoms with Gasteiger partial charge in [0.15, 0.2) is 0 Å². The predicted molar refractivity (Wildman–Crippen MR) is 90.8 cm³/mol. The third-order valence-electron chi connectivity index (χ3n) is 4.83. The van der Waals surface area contributed by atoms with Gasteiger partial charge in [0.2, 0.25) is 5.95 Å². The normalized spacial score (nSPS) is 23.6. The quantitative estimate of drug-likeness (QED) is 0.799. The van der Waals surface area contributed by atoms with Gasteiger partial charge in [-0.2, -0.15) is 17.0 Å². The molecule has 1 aromatic rings. The molecule has 24 heavy (non-hydrogen) atoms. The van der Waals surface area contributed by atoms with Crippen LogP contribution in [0.1, 0.15) is 18.4 Å². The van der Waals surface area contributed by atoms with E-state index in [0.717, 1.165) is 24.9 Å². The minimum atomic E-state index is -3.34. The fraction of sp³-hybridized carbons (Fsp3) is 0.733. The van der Waals surface area contributed by atoms with Crippen LogP contribution >= 0.6 is 0 Å². The Morgan fingerprint density at radius 3 is 2.67 bits per heavy atom. The smallest absolute Gasteiger partial charge is 0.281 e. The number of hydrogen-bond donors (Lipinski definition) is 1. The summed E-state index contributed by atoms with van der Waals surface area (Å²) in [5.41, 5.74) is 0.708. The topological polar surface area (TPSA) is 87.7 Å². The molecule has 0 bridgehead atoms. The van der Waals surface area contributed by atoms with Crippen LogP contribution in [-0.4, -0.2) is 72.9 Å². The lowest BCUT2D eigenvalue weighted by molar-refractivity contribution is -0.103. The molecule has 2 saturated heterocycles. The first kappa shape index (κ1) is 17.5. The van der Waals surface area contributed by atoms with Gasteiger partial charge in [-0.25, -0.2) is 9.97 Å². The standard InChI is InChI=1S/C15H25N5O3S/c1-12-8-17-14(18-9-12)16-6-4-13-5-7-23-15(13)10-20(11-15)24(21,22)19(2)3/h8-9,13H,4-7,10-11H2,1-3H3,(H,16,17,18). The molecule has 9 heteroatoms. The molecule has 0 aliphatic carbocycles. The zero-order valence-electron chi connectivity index (χ0n) is 14.4. The third kappa shape index (κ3) is 3.26. The number of nitrogens with one attached hydrogen (secondary N) is 1. The number of ether oxygens (including phenoxy) is 1. The van der Waals surface area contributed by atoms with Gasteiger partial charge in [-0.3, -0.25) is 0 Å². The van der Waals surface area contributed by atoms with Crippen LogP contribution in [0.3, 0.4) is 0 Å². The second-order valence-electron chi connectivity index (χ2n) is 6.76. The first-order chi connectivity index (χ1) is 11.3. The van der Waals surface area contributed by atoms with Crippen molar-refractivity contribution in [3.8, 4) is 0 Å². The summed E-state index contributed by atoms with van der Waals surface area (Å²) in [5, 5.41) is 3.23. The number of aryl methyl sites for hydroxylation is 1. The van der Waals surface area contributed by atoms with E-state index < -0.39 is 10.2 Å². The van der Waals surface area contributed by atoms with Gasteiger partial charge in [-0.05, 0) is 31.2 Å². The maximum Gasteiger partial charge on any atom is 0.281 e. The SMILES string of the molecule is Cc1cnc(NCCC2CCOC23CN(S(=O)(=O)N(C)C)C3)nc1. The third-order valence-corrected chi connectivity index (χ3v) is 6.67. The number of hydrogen-bond acceptors (Lipinski definition) is 6. The van der Waals surface area contributed by atoms with Crippen molar-refractivity contribution in [1.82, 2.24) is 18.6 Å². The van der Waals surface area contributed by atoms with Crippen molar-refractivity contribution in [1.29, 1.82) is 0 Å². The predicted octanol–water partition coefficient (Wildman–Crippen LogP) is 0.484. The summed E-state index contributed by atoms with van der Waals surface area (Å²) in [7, 11) is -0.235. The van der Waals surface area contributed by atoms with E-state index in [0.29, 0.717) is 31.6 Å². The van der Waals surface area contributed by atoms with Gasteiger partial charge in [-0.15, -0.1) is 0 Å². The number of anilines is 1. The summed E-state index contributed by atoms with van der Waals surface area (Å²) in [5.74, 6) is 0.975. The summed E-state index contributed by atoms with van der Waals surface area (Å²) >= 11 is 0. The molecular weight excluding hydrogens is 330 g/mol. The lowest BCUT2D eigenvalue weighted by Gasteiger charge is -2.49. The van der Waals surface area contributed by atoms with Gasteiger partial charge < -0.3 is 10.1 Å². The Morgan fingerprint density at radius 1 is 1.38 bits per heavy atom. The van der Waals surface area contributed by atoms with Crippen molar-refractivity contribution >= 4 is 16.2 Å². The molecule has 0 saturated carbocycles. The van der Waals surface area contributed by atoms with E-state index in [1.807, 2.05) is 6.92 Å². The Kier molecular flexibility index (Phi) is 4.78. The molecule has 0 amide bonds. The van der Waals surface area contributed by atoms with Gasteiger partial charge in [0.1, 0.15) is 0 Å². The second-order valence-corrected chi connectivity index (χ2v) is 8.90. The Bertz CT molecular complexity index is 671. The van der Waals surface area contributed by atoms with Crippen molar-refractivity contribution < 1.29 is 13.2 Å². The zero-order chi connectivity index (χ0) is 17.4. The molecule has 1 aromatic heterocycles. The fourth-order valence-electron chi connectivity index (χ4n) is 3.33. The number of rotatable bonds is 6. The minimum Gasteiger partial charge on any atom is -0.372 e. The average Bonchev–Trinajstić information content (AvgIpc) is 2.91. The Hall–Kier alpha value is -1.29. The van der Waals surface area contributed by atoms with Crippen LogP contribution in [0.2, 0.25) is 0 Å². The first-order valence-electron chi connectivity index (χ1n) is 8.17. The number of aromatic nitrogens is 2. The van der Waals surface area contributed by atoms with Crippen LogP contribution in [-0.2, 0) is 14.9 Å². The fourth-order valence-corrected chi connectivity index (χ4v) is 4.55. The monoisotopic (exact) mass is 355 g/mol. The molecule has 1 unspecified atom stereocenters. The molecule has 1 atom stereocenters. The maximum absolute atomic E-state index is 12.2. The highest BCUT2D eigenvalue weighted by atomic mass is 32.2. The lowest BCUT2D eigenvalue weighted by Crippen LogP contribution is -2.67. The van der Waals surface area contributed by atoms with Crippen LogP contribution in [0.4, 0.5) is 5.95 Å². The van der Waals surface area contributed by atoms with E-state index in [9.17, 15) is 8.42 Å². The van der Waals surface area contributed by atoms with E-state index in [2.05, 4.69) is 15.3 Å². The maximum atomic E-state index is 12.2. The van der Waals surface area contributed by atoms with E-state index in [4.69, 9.17) is 4.74 Å². The molecular formula is C15H25N5O3S. The molecule has 3 heterocycles. The van der Waals surface area contributed by atoms with Gasteiger partial charge in [0, 0.05) is 52.7 Å². The lowest BCUT2D eigenvalue weighted by atomic mass is 9.80. The van der Waals surface area contributed by atoms with Crippen molar-refractivity contribution in [2.24, 2.45) is 5.92 Å². The van der Waals surface area contributed by atoms with E-state index >= 15 is 0 Å². The van der Waals surface area contributed by atoms with E-state index in [-0.39, 0.29) is 5.60 Å². The van der Waals surface area contributed by atoms with E-state index in [1.54, 1.807) is 26.5 Å². The molecule has 0 radical (unpaired) electrons. The van der Waals surface area contributed by atoms with E-state index in [1.165, 1.54) is 8.61 Å². The summed E-state index contributed by atoms with van der Waals surface area (Å²) in [6, 6.07) is 0. The Morgan fingerprint density at radius 2 is 2.04 bits per heavy atom. The summed E-state index contributed by atoms with van der Waals surface area (Å²) in [4.78, 5) is 8.46. The van der Waals surface area contributed by atoms with Crippen LogP contribution in [0, 0.1) is 12.8 Å². The molecule has 3 rings (SSSR count). The highest BCUT2D eigenvalue weighted by Gasteiger charge is 2.56. The molecule has 134 valence electrons.